The maximum Gasteiger partial charge on any atom is 0.113 e. The van der Waals surface area contributed by atoms with Crippen LogP contribution in [-0.4, -0.2) is 16.8 Å². The maximum absolute atomic E-state index is 9.98. The lowest BCUT2D eigenvalue weighted by Crippen LogP contribution is -2.26. The van der Waals surface area contributed by atoms with Crippen molar-refractivity contribution in [1.82, 2.24) is 0 Å². The molecule has 2 N–H and O–H groups in total. The van der Waals surface area contributed by atoms with E-state index in [1.807, 2.05) is 18.2 Å². The van der Waals surface area contributed by atoms with Crippen LogP contribution in [0, 0.1) is 0 Å². The molecule has 1 unspecified atom stereocenters. The van der Waals surface area contributed by atoms with E-state index in [9.17, 15) is 5.11 Å². The molecular weight excluding hydrogens is 232 g/mol. The average molecular weight is 243 g/mol. The highest BCUT2D eigenvalue weighted by molar-refractivity contribution is 9.10. The predicted molar refractivity (Wildman–Crippen MR) is 53.4 cm³/mol. The number of benzene rings is 1. The van der Waals surface area contributed by atoms with E-state index in [4.69, 9.17) is 5.11 Å². The van der Waals surface area contributed by atoms with Gasteiger partial charge in [-0.25, -0.2) is 0 Å². The van der Waals surface area contributed by atoms with Gasteiger partial charge in [-0.05, 0) is 36.1 Å². The number of aliphatic hydroxyl groups is 2. The molecule has 13 heavy (non-hydrogen) atoms. The highest BCUT2D eigenvalue weighted by Gasteiger charge is 2.35. The van der Waals surface area contributed by atoms with Gasteiger partial charge in [0.25, 0.3) is 0 Å². The van der Waals surface area contributed by atoms with Crippen LogP contribution in [0.15, 0.2) is 22.7 Å². The Hall–Kier alpha value is -0.380. The highest BCUT2D eigenvalue weighted by Crippen LogP contribution is 2.37. The third-order valence-electron chi connectivity index (χ3n) is 2.64. The molecule has 1 aliphatic rings. The predicted octanol–water partition coefficient (Wildman–Crippen LogP) is 1.58. The highest BCUT2D eigenvalue weighted by atomic mass is 79.9. The summed E-state index contributed by atoms with van der Waals surface area (Å²) in [6.45, 7) is -0.193. The summed E-state index contributed by atoms with van der Waals surface area (Å²) < 4.78 is 1.02. The van der Waals surface area contributed by atoms with E-state index in [1.165, 1.54) is 0 Å². The van der Waals surface area contributed by atoms with Crippen LogP contribution in [0.1, 0.15) is 17.5 Å². The first-order valence-corrected chi connectivity index (χ1v) is 5.07. The molecule has 0 saturated heterocycles. The lowest BCUT2D eigenvalue weighted by Gasteiger charge is -2.20. The fraction of sp³-hybridized carbons (Fsp3) is 0.400. The third kappa shape index (κ3) is 1.41. The monoisotopic (exact) mass is 242 g/mol. The molecule has 1 aromatic carbocycles. The molecule has 0 saturated carbocycles. The van der Waals surface area contributed by atoms with Crippen molar-refractivity contribution in [3.63, 3.8) is 0 Å². The minimum atomic E-state index is -1.00. The van der Waals surface area contributed by atoms with Gasteiger partial charge in [0.15, 0.2) is 0 Å². The smallest absolute Gasteiger partial charge is 0.113 e. The Morgan fingerprint density at radius 1 is 1.46 bits per heavy atom. The molecule has 70 valence electrons. The zero-order chi connectivity index (χ0) is 9.47. The summed E-state index contributed by atoms with van der Waals surface area (Å²) in [6, 6.07) is 5.77. The van der Waals surface area contributed by atoms with Crippen molar-refractivity contribution < 1.29 is 10.2 Å². The molecule has 1 aromatic rings. The van der Waals surface area contributed by atoms with Crippen molar-refractivity contribution in [1.29, 1.82) is 0 Å². The second kappa shape index (κ2) is 3.08. The van der Waals surface area contributed by atoms with Crippen LogP contribution in [0.25, 0.3) is 0 Å². The maximum atomic E-state index is 9.98. The molecule has 2 rings (SSSR count). The largest absolute Gasteiger partial charge is 0.393 e. The Morgan fingerprint density at radius 2 is 2.23 bits per heavy atom. The summed E-state index contributed by atoms with van der Waals surface area (Å²) in [5, 5.41) is 19.1. The number of hydrogen-bond acceptors (Lipinski definition) is 2. The van der Waals surface area contributed by atoms with Gasteiger partial charge >= 0.3 is 0 Å². The molecule has 0 spiro atoms. The second-order valence-corrected chi connectivity index (χ2v) is 4.41. The van der Waals surface area contributed by atoms with E-state index >= 15 is 0 Å². The number of hydrogen-bond donors (Lipinski definition) is 2. The van der Waals surface area contributed by atoms with Gasteiger partial charge in [-0.1, -0.05) is 22.0 Å². The first-order valence-electron chi connectivity index (χ1n) is 4.28. The van der Waals surface area contributed by atoms with Gasteiger partial charge in [0.05, 0.1) is 6.61 Å². The number of fused-ring (bicyclic) bond motifs is 1. The Kier molecular flexibility index (Phi) is 2.18. The van der Waals surface area contributed by atoms with Gasteiger partial charge in [-0.2, -0.15) is 0 Å². The molecule has 0 fully saturated rings. The number of halogens is 1. The Balaban J connectivity index is 2.49. The summed E-state index contributed by atoms with van der Waals surface area (Å²) in [6.07, 6.45) is 1.46. The molecule has 0 bridgehead atoms. The van der Waals surface area contributed by atoms with Crippen molar-refractivity contribution in [2.45, 2.75) is 18.4 Å². The van der Waals surface area contributed by atoms with Crippen LogP contribution in [0.3, 0.4) is 0 Å². The summed E-state index contributed by atoms with van der Waals surface area (Å²) in [4.78, 5) is 0. The van der Waals surface area contributed by atoms with Crippen LogP contribution >= 0.6 is 15.9 Å². The summed E-state index contributed by atoms with van der Waals surface area (Å²) in [5.41, 5.74) is 1.000. The van der Waals surface area contributed by atoms with Crippen molar-refractivity contribution in [2.75, 3.05) is 6.61 Å². The van der Waals surface area contributed by atoms with Crippen molar-refractivity contribution in [3.8, 4) is 0 Å². The molecule has 2 nitrogen and oxygen atoms in total. The van der Waals surface area contributed by atoms with Gasteiger partial charge in [0, 0.05) is 4.47 Å². The fourth-order valence-corrected chi connectivity index (χ4v) is 2.27. The van der Waals surface area contributed by atoms with E-state index in [1.54, 1.807) is 0 Å². The quantitative estimate of drug-likeness (QED) is 0.786. The van der Waals surface area contributed by atoms with Gasteiger partial charge in [-0.3, -0.25) is 0 Å². The molecule has 1 aliphatic carbocycles. The Morgan fingerprint density at radius 3 is 2.92 bits per heavy atom. The number of aliphatic hydroxyl groups excluding tert-OH is 1. The zero-order valence-electron chi connectivity index (χ0n) is 7.13. The van der Waals surface area contributed by atoms with E-state index in [0.717, 1.165) is 22.0 Å². The van der Waals surface area contributed by atoms with Crippen molar-refractivity contribution in [3.05, 3.63) is 33.8 Å². The van der Waals surface area contributed by atoms with Gasteiger partial charge in [0.2, 0.25) is 0 Å². The Bertz CT molecular complexity index is 338. The van der Waals surface area contributed by atoms with Crippen LogP contribution in [-0.2, 0) is 12.0 Å². The van der Waals surface area contributed by atoms with Crippen LogP contribution in [0.2, 0.25) is 0 Å². The minimum Gasteiger partial charge on any atom is -0.393 e. The molecule has 0 radical (unpaired) electrons. The lowest BCUT2D eigenvalue weighted by atomic mass is 9.97. The van der Waals surface area contributed by atoms with Gasteiger partial charge < -0.3 is 10.2 Å². The molecular formula is C10H11BrO2. The first-order chi connectivity index (χ1) is 6.15. The van der Waals surface area contributed by atoms with Gasteiger partial charge in [0.1, 0.15) is 5.60 Å². The van der Waals surface area contributed by atoms with Gasteiger partial charge in [-0.15, -0.1) is 0 Å². The minimum absolute atomic E-state index is 0.193. The zero-order valence-corrected chi connectivity index (χ0v) is 8.71. The summed E-state index contributed by atoms with van der Waals surface area (Å²) in [7, 11) is 0. The van der Waals surface area contributed by atoms with E-state index < -0.39 is 5.60 Å². The molecule has 3 heteroatoms. The van der Waals surface area contributed by atoms with Crippen LogP contribution < -0.4 is 0 Å². The second-order valence-electron chi connectivity index (χ2n) is 3.49. The standard InChI is InChI=1S/C10H11BrO2/c11-8-1-2-9-7(5-8)3-4-10(9,13)6-12/h1-2,5,12-13H,3-4,6H2. The van der Waals surface area contributed by atoms with E-state index in [2.05, 4.69) is 15.9 Å². The number of rotatable bonds is 1. The summed E-state index contributed by atoms with van der Waals surface area (Å²) >= 11 is 3.38. The molecule has 1 atom stereocenters. The van der Waals surface area contributed by atoms with E-state index in [0.29, 0.717) is 6.42 Å². The lowest BCUT2D eigenvalue weighted by molar-refractivity contribution is -0.0171. The van der Waals surface area contributed by atoms with Crippen LogP contribution in [0.5, 0.6) is 0 Å². The topological polar surface area (TPSA) is 40.5 Å². The first kappa shape index (κ1) is 9.19. The van der Waals surface area contributed by atoms with Crippen molar-refractivity contribution in [2.24, 2.45) is 0 Å². The SMILES string of the molecule is OCC1(O)CCc2cc(Br)ccc21. The third-order valence-corrected chi connectivity index (χ3v) is 3.13. The number of aryl methyl sites for hydroxylation is 1. The van der Waals surface area contributed by atoms with E-state index in [-0.39, 0.29) is 6.61 Å². The molecule has 0 amide bonds. The molecule has 0 aliphatic heterocycles. The fourth-order valence-electron chi connectivity index (χ4n) is 1.86. The molecule has 0 aromatic heterocycles. The summed E-state index contributed by atoms with van der Waals surface area (Å²) in [5.74, 6) is 0. The Labute approximate surface area is 85.3 Å². The normalized spacial score (nSPS) is 26.1. The molecule has 0 heterocycles. The van der Waals surface area contributed by atoms with Crippen molar-refractivity contribution >= 4 is 15.9 Å². The average Bonchev–Trinajstić information content (AvgIpc) is 2.45. The van der Waals surface area contributed by atoms with Crippen LogP contribution in [0.4, 0.5) is 0 Å².